The Balaban J connectivity index is 1.83. The highest BCUT2D eigenvalue weighted by Crippen LogP contribution is 2.23. The maximum Gasteiger partial charge on any atom is 0.410 e. The average molecular weight is 478 g/mol. The highest BCUT2D eigenvalue weighted by atomic mass is 16.6. The molecule has 0 bridgehead atoms. The number of carbonyl (C=O) groups excluding carboxylic acids is 3. The van der Waals surface area contributed by atoms with E-state index in [0.29, 0.717) is 37.6 Å². The van der Waals surface area contributed by atoms with Gasteiger partial charge in [0, 0.05) is 30.9 Å². The van der Waals surface area contributed by atoms with Crippen molar-refractivity contribution in [3.05, 3.63) is 34.2 Å². The SMILES string of the molecule is CCOC(=O)C[C@@H](C)NC(=O)Cn1cccc(CCC2CCN(C(=O)OC(C)(C)C)CC2)c1=O. The van der Waals surface area contributed by atoms with E-state index in [0.717, 1.165) is 19.3 Å². The van der Waals surface area contributed by atoms with E-state index in [1.54, 1.807) is 37.1 Å². The molecule has 1 aromatic heterocycles. The second-order valence-corrected chi connectivity index (χ2v) is 9.89. The van der Waals surface area contributed by atoms with E-state index in [2.05, 4.69) is 5.32 Å². The lowest BCUT2D eigenvalue weighted by Crippen LogP contribution is -2.41. The first-order valence-electron chi connectivity index (χ1n) is 12.1. The molecule has 1 N–H and O–H groups in total. The van der Waals surface area contributed by atoms with E-state index in [-0.39, 0.29) is 42.5 Å². The molecular formula is C25H39N3O6. The average Bonchev–Trinajstić information content (AvgIpc) is 2.73. The predicted octanol–water partition coefficient (Wildman–Crippen LogP) is 2.89. The van der Waals surface area contributed by atoms with Crippen LogP contribution in [0, 0.1) is 5.92 Å². The molecule has 2 heterocycles. The number of likely N-dealkylation sites (tertiary alicyclic amines) is 1. The van der Waals surface area contributed by atoms with Gasteiger partial charge in [0.05, 0.1) is 13.0 Å². The summed E-state index contributed by atoms with van der Waals surface area (Å²) in [5.74, 6) is -0.268. The van der Waals surface area contributed by atoms with E-state index >= 15 is 0 Å². The van der Waals surface area contributed by atoms with Gasteiger partial charge < -0.3 is 24.3 Å². The van der Waals surface area contributed by atoms with Crippen molar-refractivity contribution in [1.29, 1.82) is 0 Å². The molecule has 190 valence electrons. The van der Waals surface area contributed by atoms with Gasteiger partial charge in [0.1, 0.15) is 12.1 Å². The van der Waals surface area contributed by atoms with Crippen LogP contribution in [0.1, 0.15) is 65.9 Å². The Labute approximate surface area is 201 Å². The normalized spacial score (nSPS) is 15.5. The first kappa shape index (κ1) is 27.4. The molecule has 1 aliphatic rings. The molecule has 0 saturated carbocycles. The number of pyridine rings is 1. The van der Waals surface area contributed by atoms with Crippen molar-refractivity contribution >= 4 is 18.0 Å². The maximum atomic E-state index is 12.8. The topological polar surface area (TPSA) is 107 Å². The number of piperidine rings is 1. The fourth-order valence-corrected chi connectivity index (χ4v) is 3.99. The van der Waals surface area contributed by atoms with E-state index in [1.807, 2.05) is 20.8 Å². The predicted molar refractivity (Wildman–Crippen MR) is 128 cm³/mol. The number of carbonyl (C=O) groups is 3. The highest BCUT2D eigenvalue weighted by molar-refractivity contribution is 5.77. The molecule has 0 radical (unpaired) electrons. The summed E-state index contributed by atoms with van der Waals surface area (Å²) >= 11 is 0. The molecule has 0 unspecified atom stereocenters. The van der Waals surface area contributed by atoms with Gasteiger partial charge in [-0.25, -0.2) is 4.79 Å². The standard InChI is InChI=1S/C25H39N3O6/c1-6-33-22(30)16-18(2)26-21(29)17-28-13-7-8-20(23(28)31)10-9-19-11-14-27(15-12-19)24(32)34-25(3,4)5/h7-8,13,18-19H,6,9-12,14-17H2,1-5H3,(H,26,29)/t18-/m1/s1. The highest BCUT2D eigenvalue weighted by Gasteiger charge is 2.27. The summed E-state index contributed by atoms with van der Waals surface area (Å²) in [6, 6.07) is 3.20. The summed E-state index contributed by atoms with van der Waals surface area (Å²) in [6.45, 7) is 10.5. The van der Waals surface area contributed by atoms with E-state index in [4.69, 9.17) is 9.47 Å². The molecule has 0 aromatic carbocycles. The summed E-state index contributed by atoms with van der Waals surface area (Å²) in [5, 5.41) is 2.73. The van der Waals surface area contributed by atoms with E-state index in [1.165, 1.54) is 4.57 Å². The molecule has 0 aliphatic carbocycles. The largest absolute Gasteiger partial charge is 0.466 e. The van der Waals surface area contributed by atoms with Crippen LogP contribution < -0.4 is 10.9 Å². The van der Waals surface area contributed by atoms with Crippen LogP contribution in [0.3, 0.4) is 0 Å². The Kier molecular flexibility index (Phi) is 10.1. The molecule has 2 amide bonds. The lowest BCUT2D eigenvalue weighted by atomic mass is 9.91. The van der Waals surface area contributed by atoms with Crippen molar-refractivity contribution in [1.82, 2.24) is 14.8 Å². The third kappa shape index (κ3) is 9.19. The fourth-order valence-electron chi connectivity index (χ4n) is 3.99. The zero-order chi connectivity index (χ0) is 25.3. The second-order valence-electron chi connectivity index (χ2n) is 9.89. The van der Waals surface area contributed by atoms with Crippen molar-refractivity contribution in [3.63, 3.8) is 0 Å². The number of esters is 1. The van der Waals surface area contributed by atoms with Crippen LogP contribution in [0.5, 0.6) is 0 Å². The Morgan fingerprint density at radius 3 is 2.50 bits per heavy atom. The molecule has 1 saturated heterocycles. The van der Waals surface area contributed by atoms with E-state index in [9.17, 15) is 19.2 Å². The molecule has 1 atom stereocenters. The third-order valence-corrected chi connectivity index (χ3v) is 5.69. The van der Waals surface area contributed by atoms with Gasteiger partial charge in [-0.1, -0.05) is 6.07 Å². The van der Waals surface area contributed by atoms with Gasteiger partial charge in [0.15, 0.2) is 0 Å². The van der Waals surface area contributed by atoms with Gasteiger partial charge in [-0.05, 0) is 72.3 Å². The number of hydrogen-bond donors (Lipinski definition) is 1. The lowest BCUT2D eigenvalue weighted by molar-refractivity contribution is -0.143. The van der Waals surface area contributed by atoms with Crippen molar-refractivity contribution < 1.29 is 23.9 Å². The number of aryl methyl sites for hydroxylation is 1. The van der Waals surface area contributed by atoms with Crippen molar-refractivity contribution in [3.8, 4) is 0 Å². The minimum Gasteiger partial charge on any atom is -0.466 e. The monoisotopic (exact) mass is 477 g/mol. The second kappa shape index (κ2) is 12.6. The summed E-state index contributed by atoms with van der Waals surface area (Å²) in [7, 11) is 0. The summed E-state index contributed by atoms with van der Waals surface area (Å²) in [4.78, 5) is 50.7. The molecule has 34 heavy (non-hydrogen) atoms. The van der Waals surface area contributed by atoms with Crippen LogP contribution in [0.2, 0.25) is 0 Å². The number of amides is 2. The Morgan fingerprint density at radius 1 is 1.21 bits per heavy atom. The Morgan fingerprint density at radius 2 is 1.88 bits per heavy atom. The maximum absolute atomic E-state index is 12.8. The van der Waals surface area contributed by atoms with Gasteiger partial charge in [-0.2, -0.15) is 0 Å². The van der Waals surface area contributed by atoms with Crippen molar-refractivity contribution in [2.75, 3.05) is 19.7 Å². The smallest absolute Gasteiger partial charge is 0.410 e. The number of hydrogen-bond acceptors (Lipinski definition) is 6. The van der Waals surface area contributed by atoms with Gasteiger partial charge >= 0.3 is 12.1 Å². The number of rotatable bonds is 9. The zero-order valence-electron chi connectivity index (χ0n) is 21.1. The summed E-state index contributed by atoms with van der Waals surface area (Å²) in [6.07, 6.45) is 4.64. The van der Waals surface area contributed by atoms with Gasteiger partial charge in [0.25, 0.3) is 5.56 Å². The molecule has 1 fully saturated rings. The molecule has 9 heteroatoms. The number of aromatic nitrogens is 1. The number of nitrogens with zero attached hydrogens (tertiary/aromatic N) is 2. The lowest BCUT2D eigenvalue weighted by Gasteiger charge is -2.33. The van der Waals surface area contributed by atoms with Crippen LogP contribution in [0.4, 0.5) is 4.79 Å². The minimum absolute atomic E-state index is 0.0846. The van der Waals surface area contributed by atoms with Crippen molar-refractivity contribution in [2.24, 2.45) is 5.92 Å². The van der Waals surface area contributed by atoms with Crippen molar-refractivity contribution in [2.45, 2.75) is 84.9 Å². The summed E-state index contributed by atoms with van der Waals surface area (Å²) in [5.41, 5.74) is -0.0110. The quantitative estimate of drug-likeness (QED) is 0.548. The molecule has 0 spiro atoms. The molecule has 1 aliphatic heterocycles. The molecule has 2 rings (SSSR count). The fraction of sp³-hybridized carbons (Fsp3) is 0.680. The Hall–Kier alpha value is -2.84. The minimum atomic E-state index is -0.503. The van der Waals surface area contributed by atoms with Crippen LogP contribution in [-0.4, -0.2) is 58.8 Å². The van der Waals surface area contributed by atoms with Crippen LogP contribution in [0.25, 0.3) is 0 Å². The summed E-state index contributed by atoms with van der Waals surface area (Å²) < 4.78 is 11.7. The van der Waals surface area contributed by atoms with Gasteiger partial charge in [-0.15, -0.1) is 0 Å². The van der Waals surface area contributed by atoms with Gasteiger partial charge in [-0.3, -0.25) is 14.4 Å². The van der Waals surface area contributed by atoms with Crippen LogP contribution in [-0.2, 0) is 32.0 Å². The first-order chi connectivity index (χ1) is 16.0. The third-order valence-electron chi connectivity index (χ3n) is 5.69. The van der Waals surface area contributed by atoms with Gasteiger partial charge in [0.2, 0.25) is 5.91 Å². The molecular weight excluding hydrogens is 438 g/mol. The van der Waals surface area contributed by atoms with Crippen LogP contribution in [0.15, 0.2) is 23.1 Å². The zero-order valence-corrected chi connectivity index (χ0v) is 21.1. The number of ether oxygens (including phenoxy) is 2. The van der Waals surface area contributed by atoms with E-state index < -0.39 is 5.60 Å². The number of nitrogens with one attached hydrogen (secondary N) is 1. The molecule has 9 nitrogen and oxygen atoms in total. The van der Waals surface area contributed by atoms with Crippen LogP contribution >= 0.6 is 0 Å². The Bertz CT molecular complexity index is 897. The first-order valence-corrected chi connectivity index (χ1v) is 12.1. The molecule has 1 aromatic rings.